The summed E-state index contributed by atoms with van der Waals surface area (Å²) in [7, 11) is 0. The van der Waals surface area contributed by atoms with Crippen LogP contribution in [0.25, 0.3) is 6.08 Å². The van der Waals surface area contributed by atoms with Crippen molar-refractivity contribution in [3.05, 3.63) is 33.2 Å². The number of β-lactam (4-membered cyclic amide) rings is 1. The SMILES string of the molecule is Cc1ncsc1C=CC1(C(=O)OCOC(=O)C(C)(C)C)CS[C@@H]2C(NC(=O)C(=NO)c3csc(N)n3)C(=O)N2C1. The minimum atomic E-state index is -1.24. The first-order valence-electron chi connectivity index (χ1n) is 12.0. The minimum Gasteiger partial charge on any atom is -0.427 e. The van der Waals surface area contributed by atoms with Crippen molar-refractivity contribution in [1.82, 2.24) is 20.2 Å². The number of aryl methyl sites for hydroxylation is 1. The number of esters is 2. The highest BCUT2D eigenvalue weighted by Gasteiger charge is 2.57. The fraction of sp³-hybridized carbons (Fsp3) is 0.458. The molecule has 0 saturated carbocycles. The molecule has 4 N–H and O–H groups in total. The average molecular weight is 609 g/mol. The molecule has 214 valence electrons. The monoisotopic (exact) mass is 608 g/mol. The van der Waals surface area contributed by atoms with Gasteiger partial charge in [-0.25, -0.2) is 9.97 Å². The Morgan fingerprint density at radius 1 is 1.32 bits per heavy atom. The Hall–Kier alpha value is -3.50. The number of nitrogens with zero attached hydrogens (tertiary/aromatic N) is 4. The maximum absolute atomic E-state index is 13.4. The summed E-state index contributed by atoms with van der Waals surface area (Å²) in [5.41, 5.74) is 5.78. The van der Waals surface area contributed by atoms with E-state index in [2.05, 4.69) is 20.4 Å². The van der Waals surface area contributed by atoms with Crippen molar-refractivity contribution in [3.8, 4) is 0 Å². The van der Waals surface area contributed by atoms with Crippen molar-refractivity contribution in [3.63, 3.8) is 0 Å². The molecule has 4 heterocycles. The largest absolute Gasteiger partial charge is 0.427 e. The summed E-state index contributed by atoms with van der Waals surface area (Å²) in [6, 6.07) is -0.903. The fourth-order valence-corrected chi connectivity index (χ4v) is 6.66. The lowest BCUT2D eigenvalue weighted by atomic mass is 9.86. The zero-order valence-electron chi connectivity index (χ0n) is 22.1. The number of anilines is 1. The Labute approximate surface area is 241 Å². The van der Waals surface area contributed by atoms with Gasteiger partial charge in [-0.2, -0.15) is 0 Å². The molecule has 4 rings (SSSR count). The van der Waals surface area contributed by atoms with Gasteiger partial charge in [0.25, 0.3) is 5.91 Å². The molecule has 40 heavy (non-hydrogen) atoms. The number of nitrogen functional groups attached to an aromatic ring is 1. The molecule has 2 fully saturated rings. The van der Waals surface area contributed by atoms with E-state index in [1.807, 2.05) is 6.92 Å². The molecule has 0 aliphatic carbocycles. The highest BCUT2D eigenvalue weighted by molar-refractivity contribution is 8.00. The predicted octanol–water partition coefficient (Wildman–Crippen LogP) is 1.86. The maximum atomic E-state index is 13.4. The van der Waals surface area contributed by atoms with E-state index >= 15 is 0 Å². The molecular weight excluding hydrogens is 581 g/mol. The van der Waals surface area contributed by atoms with E-state index in [1.165, 1.54) is 33.4 Å². The summed E-state index contributed by atoms with van der Waals surface area (Å²) in [5, 5.41) is 16.2. The number of carbonyl (C=O) groups is 4. The molecular formula is C24H28N6O7S3. The van der Waals surface area contributed by atoms with E-state index in [0.29, 0.717) is 0 Å². The van der Waals surface area contributed by atoms with Crippen LogP contribution in [0.15, 0.2) is 22.1 Å². The van der Waals surface area contributed by atoms with Crippen LogP contribution in [-0.2, 0) is 28.7 Å². The number of hydrogen-bond acceptors (Lipinski definition) is 14. The van der Waals surface area contributed by atoms with Crippen molar-refractivity contribution < 1.29 is 33.9 Å². The van der Waals surface area contributed by atoms with E-state index < -0.39 is 52.8 Å². The molecule has 2 aliphatic heterocycles. The quantitative estimate of drug-likeness (QED) is 0.0991. The summed E-state index contributed by atoms with van der Waals surface area (Å²) in [6.45, 7) is 6.32. The van der Waals surface area contributed by atoms with Gasteiger partial charge in [0.1, 0.15) is 22.5 Å². The number of hydrogen-bond donors (Lipinski definition) is 3. The minimum absolute atomic E-state index is 0.0140. The number of thioether (sulfide) groups is 1. The van der Waals surface area contributed by atoms with Gasteiger partial charge in [-0.05, 0) is 33.8 Å². The zero-order valence-corrected chi connectivity index (χ0v) is 24.5. The number of fused-ring (bicyclic) bond motifs is 1. The zero-order chi connectivity index (χ0) is 29.2. The Bertz CT molecular complexity index is 1380. The summed E-state index contributed by atoms with van der Waals surface area (Å²) >= 11 is 3.76. The number of thiazole rings is 2. The van der Waals surface area contributed by atoms with Crippen molar-refractivity contribution in [2.45, 2.75) is 39.1 Å². The van der Waals surface area contributed by atoms with E-state index in [0.717, 1.165) is 21.9 Å². The number of ether oxygens (including phenoxy) is 2. The summed E-state index contributed by atoms with van der Waals surface area (Å²) < 4.78 is 10.5. The third-order valence-electron chi connectivity index (χ3n) is 6.21. The molecule has 2 aliphatic rings. The smallest absolute Gasteiger partial charge is 0.321 e. The standard InChI is InChI=1S/C24H28N6O7S3/c1-12-14(40-10-26-12)5-6-24(21(34)37-11-36-20(33)23(2,3)4)8-30-18(32)16(19(30)39-9-24)28-17(31)15(29-35)13-7-38-22(25)27-13/h5-7,10,16,19,35H,8-9,11H2,1-4H3,(H2,25,27)(H,28,31)/t16?,19-,24?/m1/s1. The molecule has 0 aromatic carbocycles. The summed E-state index contributed by atoms with van der Waals surface area (Å²) in [5.74, 6) is -2.17. The molecule has 16 heteroatoms. The molecule has 0 spiro atoms. The van der Waals surface area contributed by atoms with Gasteiger partial charge in [0, 0.05) is 22.6 Å². The second-order valence-corrected chi connectivity index (χ2v) is 13.0. The molecule has 0 radical (unpaired) electrons. The van der Waals surface area contributed by atoms with Gasteiger partial charge in [-0.3, -0.25) is 19.2 Å². The van der Waals surface area contributed by atoms with Crippen molar-refractivity contribution >= 4 is 75.1 Å². The molecule has 2 unspecified atom stereocenters. The molecule has 2 amide bonds. The molecule has 2 saturated heterocycles. The van der Waals surface area contributed by atoms with Gasteiger partial charge >= 0.3 is 11.9 Å². The van der Waals surface area contributed by atoms with Crippen LogP contribution < -0.4 is 11.1 Å². The molecule has 13 nitrogen and oxygen atoms in total. The lowest BCUT2D eigenvalue weighted by Gasteiger charge is -2.53. The van der Waals surface area contributed by atoms with Gasteiger partial charge in [-0.15, -0.1) is 34.4 Å². The van der Waals surface area contributed by atoms with Gasteiger partial charge in [-0.1, -0.05) is 11.2 Å². The van der Waals surface area contributed by atoms with Crippen molar-refractivity contribution in [2.75, 3.05) is 24.8 Å². The lowest BCUT2D eigenvalue weighted by molar-refractivity contribution is -0.178. The van der Waals surface area contributed by atoms with Crippen LogP contribution in [0.1, 0.15) is 37.0 Å². The van der Waals surface area contributed by atoms with E-state index in [4.69, 9.17) is 15.2 Å². The fourth-order valence-electron chi connectivity index (χ4n) is 3.91. The molecule has 2 aromatic rings. The van der Waals surface area contributed by atoms with Crippen molar-refractivity contribution in [1.29, 1.82) is 0 Å². The highest BCUT2D eigenvalue weighted by atomic mass is 32.2. The van der Waals surface area contributed by atoms with E-state index in [-0.39, 0.29) is 28.8 Å². The Morgan fingerprint density at radius 3 is 2.67 bits per heavy atom. The van der Waals surface area contributed by atoms with Crippen LogP contribution in [0.3, 0.4) is 0 Å². The molecule has 2 aromatic heterocycles. The number of aromatic nitrogens is 2. The Morgan fingerprint density at radius 2 is 2.08 bits per heavy atom. The number of oxime groups is 1. The third kappa shape index (κ3) is 5.97. The summed E-state index contributed by atoms with van der Waals surface area (Å²) in [6.07, 6.45) is 3.45. The highest BCUT2D eigenvalue weighted by Crippen LogP contribution is 2.44. The Balaban J connectivity index is 1.47. The first-order valence-corrected chi connectivity index (χ1v) is 14.8. The van der Waals surface area contributed by atoms with Crippen LogP contribution in [0.4, 0.5) is 5.13 Å². The predicted molar refractivity (Wildman–Crippen MR) is 150 cm³/mol. The number of nitrogens with one attached hydrogen (secondary N) is 1. The van der Waals surface area contributed by atoms with Crippen LogP contribution in [0, 0.1) is 17.8 Å². The Kier molecular flexibility index (Phi) is 8.51. The second-order valence-electron chi connectivity index (χ2n) is 10.2. The first-order chi connectivity index (χ1) is 18.9. The number of nitrogens with two attached hydrogens (primary N) is 1. The number of carbonyl (C=O) groups excluding carboxylic acids is 4. The number of rotatable bonds is 8. The average Bonchev–Trinajstić information content (AvgIpc) is 3.52. The van der Waals surface area contributed by atoms with Gasteiger partial charge in [0.2, 0.25) is 12.7 Å². The normalized spacial score (nSPS) is 22.9. The van der Waals surface area contributed by atoms with Gasteiger partial charge in [0.15, 0.2) is 10.8 Å². The van der Waals surface area contributed by atoms with Gasteiger partial charge in [0.05, 0.1) is 16.6 Å². The molecule has 3 atom stereocenters. The van der Waals surface area contributed by atoms with Crippen LogP contribution in [-0.4, -0.2) is 80.0 Å². The first kappa shape index (κ1) is 29.5. The second kappa shape index (κ2) is 11.5. The van der Waals surface area contributed by atoms with Crippen LogP contribution >= 0.6 is 34.4 Å². The summed E-state index contributed by atoms with van der Waals surface area (Å²) in [4.78, 5) is 61.8. The lowest BCUT2D eigenvalue weighted by Crippen LogP contribution is -2.74. The van der Waals surface area contributed by atoms with Gasteiger partial charge < -0.3 is 30.6 Å². The maximum Gasteiger partial charge on any atom is 0.321 e. The third-order valence-corrected chi connectivity index (χ3v) is 9.33. The topological polar surface area (TPSA) is 186 Å². The van der Waals surface area contributed by atoms with E-state index in [1.54, 1.807) is 38.4 Å². The molecule has 0 bridgehead atoms. The van der Waals surface area contributed by atoms with Crippen molar-refractivity contribution in [2.24, 2.45) is 16.0 Å². The van der Waals surface area contributed by atoms with Crippen LogP contribution in [0.2, 0.25) is 0 Å². The van der Waals surface area contributed by atoms with E-state index in [9.17, 15) is 24.4 Å². The number of amides is 2. The van der Waals surface area contributed by atoms with Crippen LogP contribution in [0.5, 0.6) is 0 Å².